The van der Waals surface area contributed by atoms with Crippen molar-refractivity contribution in [3.05, 3.63) is 28.0 Å². The molecule has 0 unspecified atom stereocenters. The van der Waals surface area contributed by atoms with Crippen LogP contribution in [-0.2, 0) is 9.53 Å². The van der Waals surface area contributed by atoms with E-state index >= 15 is 0 Å². The summed E-state index contributed by atoms with van der Waals surface area (Å²) in [4.78, 5) is 11.8. The molecule has 66 valence electrons. The molecule has 1 rings (SSSR count). The predicted octanol–water partition coefficient (Wildman–Crippen LogP) is 1.83. The van der Waals surface area contributed by atoms with Crippen molar-refractivity contribution in [2.45, 2.75) is 0 Å². The fourth-order valence-electron chi connectivity index (χ4n) is 0.762. The normalized spacial score (nSPS) is 10.6. The molecule has 0 aliphatic heterocycles. The first-order valence-corrected chi connectivity index (χ1v) is 4.39. The summed E-state index contributed by atoms with van der Waals surface area (Å²) in [5, 5.41) is 10.5. The highest BCUT2D eigenvalue weighted by Crippen LogP contribution is 2.13. The van der Waals surface area contributed by atoms with Crippen LogP contribution in [0.2, 0.25) is 0 Å². The number of esters is 1. The van der Waals surface area contributed by atoms with Gasteiger partial charge in [0.25, 0.3) is 0 Å². The number of carbonyl (C=O) groups is 1. The minimum atomic E-state index is -0.601. The fraction of sp³-hybridized carbons (Fsp3) is 0.111. The summed E-state index contributed by atoms with van der Waals surface area (Å²) in [5.74, 6) is -0.601. The fourth-order valence-corrected chi connectivity index (χ4v) is 1.42. The molecule has 1 aromatic heterocycles. The van der Waals surface area contributed by atoms with Gasteiger partial charge in [-0.1, -0.05) is 6.07 Å². The van der Waals surface area contributed by atoms with Gasteiger partial charge in [-0.05, 0) is 17.5 Å². The highest BCUT2D eigenvalue weighted by molar-refractivity contribution is 7.10. The first kappa shape index (κ1) is 9.49. The van der Waals surface area contributed by atoms with Crippen LogP contribution in [0.15, 0.2) is 23.1 Å². The summed E-state index contributed by atoms with van der Waals surface area (Å²) in [6.07, 6.45) is 1.51. The van der Waals surface area contributed by atoms with Crippen LogP contribution in [0.25, 0.3) is 6.08 Å². The number of nitriles is 1. The zero-order valence-corrected chi connectivity index (χ0v) is 7.80. The molecular weight excluding hydrogens is 186 g/mol. The molecule has 13 heavy (non-hydrogen) atoms. The molecule has 0 bridgehead atoms. The minimum Gasteiger partial charge on any atom is -0.465 e. The molecular formula is C9H7NO2S. The van der Waals surface area contributed by atoms with E-state index in [1.165, 1.54) is 24.5 Å². The summed E-state index contributed by atoms with van der Waals surface area (Å²) >= 11 is 1.46. The van der Waals surface area contributed by atoms with Crippen LogP contribution in [0, 0.1) is 11.3 Å². The number of ether oxygens (including phenoxy) is 1. The number of rotatable bonds is 2. The molecule has 0 saturated heterocycles. The summed E-state index contributed by atoms with van der Waals surface area (Å²) in [7, 11) is 1.25. The lowest BCUT2D eigenvalue weighted by Gasteiger charge is -1.93. The Balaban J connectivity index is 2.91. The van der Waals surface area contributed by atoms with Gasteiger partial charge < -0.3 is 4.74 Å². The van der Waals surface area contributed by atoms with E-state index in [4.69, 9.17) is 5.26 Å². The van der Waals surface area contributed by atoms with Crippen molar-refractivity contribution in [2.75, 3.05) is 7.11 Å². The predicted molar refractivity (Wildman–Crippen MR) is 49.9 cm³/mol. The third kappa shape index (κ3) is 2.42. The van der Waals surface area contributed by atoms with Crippen LogP contribution in [0.4, 0.5) is 0 Å². The van der Waals surface area contributed by atoms with E-state index in [2.05, 4.69) is 4.74 Å². The monoisotopic (exact) mass is 193 g/mol. The molecule has 1 aromatic rings. The van der Waals surface area contributed by atoms with Crippen molar-refractivity contribution < 1.29 is 9.53 Å². The molecule has 0 aliphatic rings. The Morgan fingerprint density at radius 1 is 1.77 bits per heavy atom. The summed E-state index contributed by atoms with van der Waals surface area (Å²) in [6, 6.07) is 5.46. The van der Waals surface area contributed by atoms with Crippen LogP contribution in [0.3, 0.4) is 0 Å². The third-order valence-corrected chi connectivity index (χ3v) is 2.17. The molecule has 0 saturated carbocycles. The van der Waals surface area contributed by atoms with Gasteiger partial charge in [-0.25, -0.2) is 4.79 Å². The maximum absolute atomic E-state index is 11.0. The van der Waals surface area contributed by atoms with Gasteiger partial charge in [0.1, 0.15) is 11.6 Å². The van der Waals surface area contributed by atoms with Gasteiger partial charge in [-0.2, -0.15) is 5.26 Å². The van der Waals surface area contributed by atoms with Crippen molar-refractivity contribution in [3.8, 4) is 6.07 Å². The molecule has 4 heteroatoms. The zero-order chi connectivity index (χ0) is 9.68. The molecule has 0 N–H and O–H groups in total. The van der Waals surface area contributed by atoms with Gasteiger partial charge >= 0.3 is 5.97 Å². The number of hydrogen-bond donors (Lipinski definition) is 0. The van der Waals surface area contributed by atoms with E-state index < -0.39 is 5.97 Å². The summed E-state index contributed by atoms with van der Waals surface area (Å²) < 4.78 is 4.43. The Morgan fingerprint density at radius 2 is 2.54 bits per heavy atom. The van der Waals surface area contributed by atoms with E-state index in [1.807, 2.05) is 17.5 Å². The highest BCUT2D eigenvalue weighted by Gasteiger charge is 2.07. The first-order valence-electron chi connectivity index (χ1n) is 3.51. The van der Waals surface area contributed by atoms with E-state index in [-0.39, 0.29) is 5.57 Å². The minimum absolute atomic E-state index is 0.0185. The van der Waals surface area contributed by atoms with Gasteiger partial charge in [0.05, 0.1) is 7.11 Å². The molecule has 3 nitrogen and oxygen atoms in total. The molecule has 0 radical (unpaired) electrons. The maximum atomic E-state index is 11.0. The van der Waals surface area contributed by atoms with E-state index in [1.54, 1.807) is 6.07 Å². The topological polar surface area (TPSA) is 50.1 Å². The SMILES string of the molecule is COC(=O)/C(C#N)=C/c1cccs1. The van der Waals surface area contributed by atoms with Crippen molar-refractivity contribution in [2.24, 2.45) is 0 Å². The Bertz CT molecular complexity index is 359. The van der Waals surface area contributed by atoms with Gasteiger partial charge in [0.15, 0.2) is 0 Å². The van der Waals surface area contributed by atoms with Gasteiger partial charge in [-0.3, -0.25) is 0 Å². The third-order valence-electron chi connectivity index (χ3n) is 1.36. The Kier molecular flexibility index (Phi) is 3.23. The molecule has 1 heterocycles. The largest absolute Gasteiger partial charge is 0.465 e. The van der Waals surface area contributed by atoms with Crippen LogP contribution < -0.4 is 0 Å². The van der Waals surface area contributed by atoms with E-state index in [9.17, 15) is 4.79 Å². The van der Waals surface area contributed by atoms with E-state index in [0.29, 0.717) is 0 Å². The molecule has 0 aliphatic carbocycles. The second-order valence-corrected chi connectivity index (χ2v) is 3.16. The Morgan fingerprint density at radius 3 is 3.00 bits per heavy atom. The second-order valence-electron chi connectivity index (χ2n) is 2.18. The Labute approximate surface area is 79.9 Å². The van der Waals surface area contributed by atoms with Gasteiger partial charge in [0.2, 0.25) is 0 Å². The van der Waals surface area contributed by atoms with Gasteiger partial charge in [0, 0.05) is 4.88 Å². The van der Waals surface area contributed by atoms with Crippen LogP contribution in [0.5, 0.6) is 0 Å². The van der Waals surface area contributed by atoms with Crippen molar-refractivity contribution in [1.82, 2.24) is 0 Å². The summed E-state index contributed by atoms with van der Waals surface area (Å²) in [5.41, 5.74) is 0.0185. The summed E-state index contributed by atoms with van der Waals surface area (Å²) in [6.45, 7) is 0. The number of carbonyl (C=O) groups excluding carboxylic acids is 1. The van der Waals surface area contributed by atoms with E-state index in [0.717, 1.165) is 4.88 Å². The average Bonchev–Trinajstić information content (AvgIpc) is 2.65. The molecule has 0 atom stereocenters. The quantitative estimate of drug-likeness (QED) is 0.409. The Hall–Kier alpha value is -1.60. The number of thiophene rings is 1. The van der Waals surface area contributed by atoms with Crippen LogP contribution in [-0.4, -0.2) is 13.1 Å². The van der Waals surface area contributed by atoms with Gasteiger partial charge in [-0.15, -0.1) is 11.3 Å². The standard InChI is InChI=1S/C9H7NO2S/c1-12-9(11)7(6-10)5-8-3-2-4-13-8/h2-5H,1H3/b7-5+. The number of methoxy groups -OCH3 is 1. The van der Waals surface area contributed by atoms with Crippen molar-refractivity contribution in [1.29, 1.82) is 5.26 Å². The molecule has 0 fully saturated rings. The maximum Gasteiger partial charge on any atom is 0.348 e. The van der Waals surface area contributed by atoms with Crippen molar-refractivity contribution >= 4 is 23.4 Å². The lowest BCUT2D eigenvalue weighted by Crippen LogP contribution is -2.02. The second kappa shape index (κ2) is 4.43. The lowest BCUT2D eigenvalue weighted by atomic mass is 10.2. The van der Waals surface area contributed by atoms with Crippen molar-refractivity contribution in [3.63, 3.8) is 0 Å². The number of hydrogen-bond acceptors (Lipinski definition) is 4. The lowest BCUT2D eigenvalue weighted by molar-refractivity contribution is -0.135. The highest BCUT2D eigenvalue weighted by atomic mass is 32.1. The first-order chi connectivity index (χ1) is 6.27. The number of nitrogens with zero attached hydrogens (tertiary/aromatic N) is 1. The van der Waals surface area contributed by atoms with Crippen LogP contribution in [0.1, 0.15) is 4.88 Å². The molecule has 0 aromatic carbocycles. The zero-order valence-electron chi connectivity index (χ0n) is 6.98. The smallest absolute Gasteiger partial charge is 0.348 e. The molecule has 0 spiro atoms. The molecule has 0 amide bonds. The van der Waals surface area contributed by atoms with Crippen LogP contribution >= 0.6 is 11.3 Å². The average molecular weight is 193 g/mol.